The minimum atomic E-state index is -0.322. The number of carbonyl (C=O) groups excluding carboxylic acids is 1. The van der Waals surface area contributed by atoms with Crippen molar-refractivity contribution < 1.29 is 22.9 Å². The molecule has 1 atom stereocenters. The highest BCUT2D eigenvalue weighted by molar-refractivity contribution is 5.91. The Kier molecular flexibility index (Phi) is 6.77. The van der Waals surface area contributed by atoms with Crippen LogP contribution in [-0.4, -0.2) is 11.9 Å². The zero-order valence-corrected chi connectivity index (χ0v) is 16.5. The van der Waals surface area contributed by atoms with Gasteiger partial charge in [0.1, 0.15) is 24.7 Å². The summed E-state index contributed by atoms with van der Waals surface area (Å²) in [5.41, 5.74) is 1.72. The Hall–Kier alpha value is -2.99. The second kappa shape index (κ2) is 9.47. The lowest BCUT2D eigenvalue weighted by Crippen LogP contribution is -3.12. The number of benzene rings is 2. The summed E-state index contributed by atoms with van der Waals surface area (Å²) in [4.78, 5) is 13.5. The largest absolute Gasteiger partial charge is 0.450 e. The van der Waals surface area contributed by atoms with Gasteiger partial charge >= 0.3 is 0 Å². The van der Waals surface area contributed by atoms with Gasteiger partial charge in [0.05, 0.1) is 6.04 Å². The van der Waals surface area contributed by atoms with Crippen molar-refractivity contribution in [3.8, 4) is 0 Å². The van der Waals surface area contributed by atoms with Gasteiger partial charge < -0.3 is 14.6 Å². The molecule has 1 amide bonds. The fourth-order valence-corrected chi connectivity index (χ4v) is 3.07. The maximum atomic E-state index is 13.5. The van der Waals surface area contributed by atoms with Crippen molar-refractivity contribution in [1.29, 1.82) is 0 Å². The van der Waals surface area contributed by atoms with Crippen molar-refractivity contribution >= 4 is 5.91 Å². The summed E-state index contributed by atoms with van der Waals surface area (Å²) < 4.78 is 32.1. The van der Waals surface area contributed by atoms with Crippen molar-refractivity contribution in [2.75, 3.05) is 0 Å². The molecular weight excluding hydrogens is 374 g/mol. The van der Waals surface area contributed by atoms with E-state index in [0.29, 0.717) is 24.9 Å². The van der Waals surface area contributed by atoms with Crippen molar-refractivity contribution in [2.45, 2.75) is 39.5 Å². The number of rotatable bonds is 8. The van der Waals surface area contributed by atoms with E-state index in [1.807, 2.05) is 6.07 Å². The number of nitrogens with one attached hydrogen (secondary N) is 2. The average molecular weight is 399 g/mol. The molecule has 0 spiro atoms. The van der Waals surface area contributed by atoms with E-state index in [2.05, 4.69) is 19.2 Å². The fourth-order valence-electron chi connectivity index (χ4n) is 3.07. The third-order valence-corrected chi connectivity index (χ3v) is 4.79. The molecule has 2 N–H and O–H groups in total. The van der Waals surface area contributed by atoms with Crippen LogP contribution in [0.1, 0.15) is 41.3 Å². The molecule has 0 aliphatic heterocycles. The Morgan fingerprint density at radius 1 is 0.966 bits per heavy atom. The monoisotopic (exact) mass is 399 g/mol. The molecule has 1 heterocycles. The molecular formula is C23H25F2N2O2+. The highest BCUT2D eigenvalue weighted by Crippen LogP contribution is 2.09. The Labute approximate surface area is 169 Å². The van der Waals surface area contributed by atoms with Gasteiger partial charge in [-0.05, 0) is 55.8 Å². The summed E-state index contributed by atoms with van der Waals surface area (Å²) in [5, 5.41) is 2.77. The van der Waals surface area contributed by atoms with Crippen LogP contribution in [0.25, 0.3) is 0 Å². The molecule has 0 saturated heterocycles. The molecule has 0 bridgehead atoms. The molecule has 0 aliphatic carbocycles. The van der Waals surface area contributed by atoms with Crippen LogP contribution < -0.4 is 10.2 Å². The van der Waals surface area contributed by atoms with E-state index in [-0.39, 0.29) is 29.8 Å². The van der Waals surface area contributed by atoms with Crippen molar-refractivity contribution in [3.05, 3.63) is 94.9 Å². The molecule has 6 heteroatoms. The van der Waals surface area contributed by atoms with Crippen LogP contribution in [0.4, 0.5) is 8.78 Å². The topological polar surface area (TPSA) is 46.7 Å². The van der Waals surface area contributed by atoms with Gasteiger partial charge in [0, 0.05) is 12.1 Å². The SMILES string of the molecule is CC(C)[NH+](Cc1cccc(F)c1)Cc1ccc(C(=O)NCc2ccc(F)cc2)o1. The van der Waals surface area contributed by atoms with Gasteiger partial charge in [0.2, 0.25) is 0 Å². The lowest BCUT2D eigenvalue weighted by Gasteiger charge is -2.22. The quantitative estimate of drug-likeness (QED) is 0.609. The Bertz CT molecular complexity index is 952. The van der Waals surface area contributed by atoms with E-state index in [9.17, 15) is 13.6 Å². The first-order chi connectivity index (χ1) is 13.9. The van der Waals surface area contributed by atoms with Gasteiger partial charge in [-0.3, -0.25) is 4.79 Å². The standard InChI is InChI=1S/C23H24F2N2O2/c1-16(2)27(14-18-4-3-5-20(25)12-18)15-21-10-11-22(29-21)23(28)26-13-17-6-8-19(24)9-7-17/h3-12,16H,13-15H2,1-2H3,(H,26,28)/p+1. The molecule has 0 fully saturated rings. The minimum Gasteiger partial charge on any atom is -0.450 e. The molecule has 152 valence electrons. The van der Waals surface area contributed by atoms with Crippen molar-refractivity contribution in [2.24, 2.45) is 0 Å². The molecule has 3 aromatic rings. The zero-order valence-electron chi connectivity index (χ0n) is 16.5. The third kappa shape index (κ3) is 5.99. The van der Waals surface area contributed by atoms with Crippen LogP contribution in [-0.2, 0) is 19.6 Å². The van der Waals surface area contributed by atoms with E-state index in [4.69, 9.17) is 4.42 Å². The predicted octanol–water partition coefficient (Wildman–Crippen LogP) is 3.48. The van der Waals surface area contributed by atoms with Gasteiger partial charge in [0.25, 0.3) is 5.91 Å². The van der Waals surface area contributed by atoms with E-state index in [1.165, 1.54) is 23.1 Å². The van der Waals surface area contributed by atoms with Crippen molar-refractivity contribution in [3.63, 3.8) is 0 Å². The first-order valence-corrected chi connectivity index (χ1v) is 9.61. The molecule has 0 saturated carbocycles. The van der Waals surface area contributed by atoms with E-state index < -0.39 is 0 Å². The van der Waals surface area contributed by atoms with Crippen LogP contribution >= 0.6 is 0 Å². The molecule has 3 rings (SSSR count). The molecule has 0 aliphatic rings. The summed E-state index contributed by atoms with van der Waals surface area (Å²) in [5.74, 6) is 0.0414. The molecule has 29 heavy (non-hydrogen) atoms. The Morgan fingerprint density at radius 2 is 1.72 bits per heavy atom. The number of carbonyl (C=O) groups is 1. The highest BCUT2D eigenvalue weighted by atomic mass is 19.1. The summed E-state index contributed by atoms with van der Waals surface area (Å²) in [6, 6.07) is 16.3. The zero-order chi connectivity index (χ0) is 20.8. The van der Waals surface area contributed by atoms with Crippen LogP contribution in [0.2, 0.25) is 0 Å². The first-order valence-electron chi connectivity index (χ1n) is 9.61. The number of hydrogen-bond acceptors (Lipinski definition) is 2. The Balaban J connectivity index is 1.59. The fraction of sp³-hybridized carbons (Fsp3) is 0.261. The lowest BCUT2D eigenvalue weighted by molar-refractivity contribution is -0.949. The van der Waals surface area contributed by atoms with Crippen LogP contribution in [0.5, 0.6) is 0 Å². The lowest BCUT2D eigenvalue weighted by atomic mass is 10.2. The number of hydrogen-bond donors (Lipinski definition) is 2. The summed E-state index contributed by atoms with van der Waals surface area (Å²) >= 11 is 0. The highest BCUT2D eigenvalue weighted by Gasteiger charge is 2.19. The Morgan fingerprint density at radius 3 is 2.41 bits per heavy atom. The van der Waals surface area contributed by atoms with E-state index in [1.54, 1.807) is 36.4 Å². The van der Waals surface area contributed by atoms with Crippen molar-refractivity contribution in [1.82, 2.24) is 5.32 Å². The van der Waals surface area contributed by atoms with E-state index >= 15 is 0 Å². The smallest absolute Gasteiger partial charge is 0.287 e. The summed E-state index contributed by atoms with van der Waals surface area (Å²) in [6.45, 7) is 5.71. The third-order valence-electron chi connectivity index (χ3n) is 4.79. The molecule has 2 aromatic carbocycles. The second-order valence-electron chi connectivity index (χ2n) is 7.37. The summed E-state index contributed by atoms with van der Waals surface area (Å²) in [7, 11) is 0. The predicted molar refractivity (Wildman–Crippen MR) is 106 cm³/mol. The van der Waals surface area contributed by atoms with E-state index in [0.717, 1.165) is 11.1 Å². The number of amides is 1. The number of halogens is 2. The first kappa shape index (κ1) is 20.7. The maximum absolute atomic E-state index is 13.5. The van der Waals surface area contributed by atoms with Gasteiger partial charge in [0.15, 0.2) is 11.5 Å². The number of quaternary nitrogens is 1. The molecule has 0 radical (unpaired) electrons. The van der Waals surface area contributed by atoms with Gasteiger partial charge in [-0.15, -0.1) is 0 Å². The summed E-state index contributed by atoms with van der Waals surface area (Å²) in [6.07, 6.45) is 0. The van der Waals surface area contributed by atoms with Gasteiger partial charge in [-0.2, -0.15) is 0 Å². The second-order valence-corrected chi connectivity index (χ2v) is 7.37. The number of furan rings is 1. The van der Waals surface area contributed by atoms with Crippen LogP contribution in [0.15, 0.2) is 65.1 Å². The van der Waals surface area contributed by atoms with Gasteiger partial charge in [-0.1, -0.05) is 24.3 Å². The van der Waals surface area contributed by atoms with Crippen LogP contribution in [0, 0.1) is 11.6 Å². The average Bonchev–Trinajstić information content (AvgIpc) is 3.15. The van der Waals surface area contributed by atoms with Crippen LogP contribution in [0.3, 0.4) is 0 Å². The minimum absolute atomic E-state index is 0.232. The molecule has 1 aromatic heterocycles. The maximum Gasteiger partial charge on any atom is 0.287 e. The molecule has 1 unspecified atom stereocenters. The molecule has 4 nitrogen and oxygen atoms in total. The normalized spacial score (nSPS) is 12.2. The van der Waals surface area contributed by atoms with Gasteiger partial charge in [-0.25, -0.2) is 8.78 Å².